The summed E-state index contributed by atoms with van der Waals surface area (Å²) in [6, 6.07) is 6.32. The van der Waals surface area contributed by atoms with Crippen LogP contribution in [0.2, 0.25) is 0 Å². The number of carbonyl (C=O) groups is 1. The summed E-state index contributed by atoms with van der Waals surface area (Å²) in [4.78, 5) is 14.7. The Kier molecular flexibility index (Phi) is 3.16. The fourth-order valence-electron chi connectivity index (χ4n) is 3.08. The van der Waals surface area contributed by atoms with Gasteiger partial charge in [-0.1, -0.05) is 22.0 Å². The molecule has 0 aromatic heterocycles. The minimum Gasteiger partial charge on any atom is -0.334 e. The van der Waals surface area contributed by atoms with Crippen LogP contribution >= 0.6 is 15.9 Å². The maximum absolute atomic E-state index is 12.6. The van der Waals surface area contributed by atoms with Gasteiger partial charge in [0.1, 0.15) is 0 Å². The van der Waals surface area contributed by atoms with Gasteiger partial charge < -0.3 is 10.2 Å². The average Bonchev–Trinajstić information content (AvgIpc) is 2.93. The first-order chi connectivity index (χ1) is 8.66. The van der Waals surface area contributed by atoms with E-state index in [2.05, 4.69) is 26.1 Å². The minimum absolute atomic E-state index is 0.185. The highest BCUT2D eigenvalue weighted by Gasteiger charge is 2.40. The molecule has 2 fully saturated rings. The quantitative estimate of drug-likeness (QED) is 0.862. The number of hydrogen-bond donors (Lipinski definition) is 1. The number of halogens is 1. The minimum atomic E-state index is 0.185. The van der Waals surface area contributed by atoms with Crippen molar-refractivity contribution in [2.75, 3.05) is 19.6 Å². The van der Waals surface area contributed by atoms with Crippen LogP contribution in [0.5, 0.6) is 0 Å². The van der Waals surface area contributed by atoms with Crippen LogP contribution in [0.4, 0.5) is 0 Å². The first-order valence-electron chi connectivity index (χ1n) is 6.44. The number of fused-ring (bicyclic) bond motifs is 1. The van der Waals surface area contributed by atoms with Gasteiger partial charge in [0, 0.05) is 35.7 Å². The summed E-state index contributed by atoms with van der Waals surface area (Å²) >= 11 is 3.45. The van der Waals surface area contributed by atoms with Crippen molar-refractivity contribution < 1.29 is 4.79 Å². The molecule has 2 aliphatic rings. The molecule has 0 spiro atoms. The van der Waals surface area contributed by atoms with Gasteiger partial charge in [0.25, 0.3) is 5.91 Å². The molecule has 18 heavy (non-hydrogen) atoms. The second kappa shape index (κ2) is 4.67. The Morgan fingerprint density at radius 3 is 3.11 bits per heavy atom. The number of benzene rings is 1. The molecule has 2 heterocycles. The van der Waals surface area contributed by atoms with Crippen LogP contribution in [0.1, 0.15) is 22.3 Å². The molecule has 4 heteroatoms. The van der Waals surface area contributed by atoms with Crippen LogP contribution in [-0.2, 0) is 0 Å². The molecule has 2 atom stereocenters. The lowest BCUT2D eigenvalue weighted by Crippen LogP contribution is -2.39. The van der Waals surface area contributed by atoms with Crippen molar-refractivity contribution in [2.45, 2.75) is 19.4 Å². The summed E-state index contributed by atoms with van der Waals surface area (Å²) in [5.41, 5.74) is 1.88. The van der Waals surface area contributed by atoms with E-state index in [1.165, 1.54) is 0 Å². The highest BCUT2D eigenvalue weighted by Crippen LogP contribution is 2.29. The Morgan fingerprint density at radius 2 is 2.28 bits per heavy atom. The van der Waals surface area contributed by atoms with Crippen molar-refractivity contribution in [3.05, 3.63) is 33.8 Å². The lowest BCUT2D eigenvalue weighted by atomic mass is 10.0. The number of rotatable bonds is 1. The normalized spacial score (nSPS) is 26.4. The van der Waals surface area contributed by atoms with Crippen molar-refractivity contribution in [3.63, 3.8) is 0 Å². The topological polar surface area (TPSA) is 32.3 Å². The third-order valence-electron chi connectivity index (χ3n) is 4.14. The predicted octanol–water partition coefficient (Wildman–Crippen LogP) is 2.19. The van der Waals surface area contributed by atoms with E-state index >= 15 is 0 Å². The fourth-order valence-corrected chi connectivity index (χ4v) is 3.44. The Hall–Kier alpha value is -0.870. The van der Waals surface area contributed by atoms with Gasteiger partial charge >= 0.3 is 0 Å². The lowest BCUT2D eigenvalue weighted by molar-refractivity contribution is 0.0736. The van der Waals surface area contributed by atoms with Crippen LogP contribution in [0.25, 0.3) is 0 Å². The number of amides is 1. The van der Waals surface area contributed by atoms with E-state index in [0.717, 1.165) is 41.7 Å². The first kappa shape index (κ1) is 12.2. The number of hydrogen-bond acceptors (Lipinski definition) is 2. The smallest absolute Gasteiger partial charge is 0.254 e. The van der Waals surface area contributed by atoms with E-state index in [1.54, 1.807) is 0 Å². The lowest BCUT2D eigenvalue weighted by Gasteiger charge is -2.24. The summed E-state index contributed by atoms with van der Waals surface area (Å²) in [5, 5.41) is 3.38. The van der Waals surface area contributed by atoms with E-state index in [9.17, 15) is 4.79 Å². The molecule has 1 amide bonds. The molecule has 0 radical (unpaired) electrons. The van der Waals surface area contributed by atoms with Gasteiger partial charge in [-0.05, 0) is 37.0 Å². The monoisotopic (exact) mass is 308 g/mol. The van der Waals surface area contributed by atoms with Gasteiger partial charge in [0.15, 0.2) is 0 Å². The van der Waals surface area contributed by atoms with Gasteiger partial charge in [-0.15, -0.1) is 0 Å². The molecule has 0 aliphatic carbocycles. The van der Waals surface area contributed by atoms with Crippen molar-refractivity contribution >= 4 is 21.8 Å². The first-order valence-corrected chi connectivity index (χ1v) is 7.24. The summed E-state index contributed by atoms with van der Waals surface area (Å²) in [6.07, 6.45) is 1.14. The molecule has 0 saturated carbocycles. The standard InChI is InChI=1S/C14H17BrN2O/c1-9-2-3-11(15)6-12(9)14(18)17-5-4-10-7-16-8-13(10)17/h2-3,6,10,13,16H,4-5,7-8H2,1H3/t10-,13+/m0/s1. The van der Waals surface area contributed by atoms with Crippen molar-refractivity contribution in [1.29, 1.82) is 0 Å². The molecule has 1 aromatic rings. The number of nitrogens with one attached hydrogen (secondary N) is 1. The highest BCUT2D eigenvalue weighted by molar-refractivity contribution is 9.10. The third kappa shape index (κ3) is 1.97. The second-order valence-corrected chi connectivity index (χ2v) is 6.15. The Bertz CT molecular complexity index is 489. The molecular formula is C14H17BrN2O. The summed E-state index contributed by atoms with van der Waals surface area (Å²) in [5.74, 6) is 0.839. The van der Waals surface area contributed by atoms with Gasteiger partial charge in [-0.25, -0.2) is 0 Å². The van der Waals surface area contributed by atoms with Gasteiger partial charge in [0.2, 0.25) is 0 Å². The van der Waals surface area contributed by atoms with Crippen LogP contribution in [0, 0.1) is 12.8 Å². The Morgan fingerprint density at radius 1 is 1.44 bits per heavy atom. The van der Waals surface area contributed by atoms with Crippen molar-refractivity contribution in [2.24, 2.45) is 5.92 Å². The Balaban J connectivity index is 1.88. The summed E-state index contributed by atoms with van der Waals surface area (Å²) in [7, 11) is 0. The number of likely N-dealkylation sites (tertiary alicyclic amines) is 1. The largest absolute Gasteiger partial charge is 0.334 e. The highest BCUT2D eigenvalue weighted by atomic mass is 79.9. The molecule has 2 aliphatic heterocycles. The number of nitrogens with zero attached hydrogens (tertiary/aromatic N) is 1. The van der Waals surface area contributed by atoms with E-state index in [4.69, 9.17) is 0 Å². The van der Waals surface area contributed by atoms with E-state index in [0.29, 0.717) is 12.0 Å². The molecule has 3 rings (SSSR count). The molecule has 2 saturated heterocycles. The average molecular weight is 309 g/mol. The molecule has 1 aromatic carbocycles. The number of aryl methyl sites for hydroxylation is 1. The van der Waals surface area contributed by atoms with E-state index in [-0.39, 0.29) is 5.91 Å². The predicted molar refractivity (Wildman–Crippen MR) is 74.7 cm³/mol. The van der Waals surface area contributed by atoms with Crippen molar-refractivity contribution in [3.8, 4) is 0 Å². The molecule has 96 valence electrons. The fraction of sp³-hybridized carbons (Fsp3) is 0.500. The SMILES string of the molecule is Cc1ccc(Br)cc1C(=O)N1CC[C@H]2CNC[C@H]21. The van der Waals surface area contributed by atoms with Crippen molar-refractivity contribution in [1.82, 2.24) is 10.2 Å². The second-order valence-electron chi connectivity index (χ2n) is 5.23. The summed E-state index contributed by atoms with van der Waals surface area (Å²) < 4.78 is 0.969. The van der Waals surface area contributed by atoms with Crippen LogP contribution in [0.15, 0.2) is 22.7 Å². The van der Waals surface area contributed by atoms with Crippen LogP contribution in [-0.4, -0.2) is 36.5 Å². The van der Waals surface area contributed by atoms with E-state index in [1.807, 2.05) is 25.1 Å². The van der Waals surface area contributed by atoms with Gasteiger partial charge in [-0.2, -0.15) is 0 Å². The van der Waals surface area contributed by atoms with E-state index < -0.39 is 0 Å². The van der Waals surface area contributed by atoms with Gasteiger partial charge in [0.05, 0.1) is 0 Å². The van der Waals surface area contributed by atoms with Gasteiger partial charge in [-0.3, -0.25) is 4.79 Å². The van der Waals surface area contributed by atoms with Crippen LogP contribution in [0.3, 0.4) is 0 Å². The summed E-state index contributed by atoms with van der Waals surface area (Å²) in [6.45, 7) is 4.91. The zero-order valence-corrected chi connectivity index (χ0v) is 12.0. The molecule has 0 bridgehead atoms. The Labute approximate surface area is 116 Å². The van der Waals surface area contributed by atoms with Crippen LogP contribution < -0.4 is 5.32 Å². The maximum Gasteiger partial charge on any atom is 0.254 e. The maximum atomic E-state index is 12.6. The number of carbonyl (C=O) groups excluding carboxylic acids is 1. The zero-order valence-electron chi connectivity index (χ0n) is 10.4. The molecule has 3 nitrogen and oxygen atoms in total. The molecule has 0 unspecified atom stereocenters. The molecular weight excluding hydrogens is 292 g/mol. The molecule has 1 N–H and O–H groups in total. The zero-order chi connectivity index (χ0) is 12.7. The third-order valence-corrected chi connectivity index (χ3v) is 4.63.